The number of aryl methyl sites for hydroxylation is 2. The molecule has 31 heavy (non-hydrogen) atoms. The van der Waals surface area contributed by atoms with Gasteiger partial charge in [-0.1, -0.05) is 24.3 Å². The number of anilines is 3. The van der Waals surface area contributed by atoms with Crippen LogP contribution in [0, 0.1) is 0 Å². The van der Waals surface area contributed by atoms with Crippen molar-refractivity contribution < 1.29 is 19.1 Å². The zero-order valence-electron chi connectivity index (χ0n) is 19.2. The molecule has 0 fully saturated rings. The summed E-state index contributed by atoms with van der Waals surface area (Å²) in [4.78, 5) is 27.3. The molecule has 6 heteroatoms. The Morgan fingerprint density at radius 3 is 2.19 bits per heavy atom. The summed E-state index contributed by atoms with van der Waals surface area (Å²) in [6.45, 7) is 11.2. The maximum Gasteiger partial charge on any atom is 0.412 e. The van der Waals surface area contributed by atoms with Crippen molar-refractivity contribution in [2.24, 2.45) is 0 Å². The van der Waals surface area contributed by atoms with Crippen LogP contribution in [0.4, 0.5) is 21.9 Å². The minimum atomic E-state index is -0.596. The first-order valence-electron chi connectivity index (χ1n) is 10.6. The summed E-state index contributed by atoms with van der Waals surface area (Å²) in [5.41, 5.74) is 3.28. The number of rotatable bonds is 3. The summed E-state index contributed by atoms with van der Waals surface area (Å²) in [7, 11) is 0. The molecule has 0 spiro atoms. The van der Waals surface area contributed by atoms with Crippen molar-refractivity contribution in [1.29, 1.82) is 0 Å². The second-order valence-corrected chi connectivity index (χ2v) is 9.73. The highest BCUT2D eigenvalue weighted by molar-refractivity contribution is 6.03. The molecule has 166 valence electrons. The van der Waals surface area contributed by atoms with E-state index in [0.29, 0.717) is 5.69 Å². The van der Waals surface area contributed by atoms with E-state index in [-0.39, 0.29) is 12.5 Å². The van der Waals surface area contributed by atoms with Crippen LogP contribution >= 0.6 is 0 Å². The highest BCUT2D eigenvalue weighted by Crippen LogP contribution is 2.38. The Morgan fingerprint density at radius 2 is 1.55 bits per heavy atom. The second kappa shape index (κ2) is 8.71. The van der Waals surface area contributed by atoms with Crippen molar-refractivity contribution in [2.75, 3.05) is 16.8 Å². The second-order valence-electron chi connectivity index (χ2n) is 9.73. The first kappa shape index (κ1) is 22.8. The number of benzene rings is 2. The van der Waals surface area contributed by atoms with Gasteiger partial charge in [-0.05, 0) is 83.7 Å². The number of fused-ring (bicyclic) bond motifs is 2. The molecule has 0 aromatic heterocycles. The first-order chi connectivity index (χ1) is 14.4. The molecule has 0 atom stereocenters. The fourth-order valence-corrected chi connectivity index (χ4v) is 3.43. The highest BCUT2D eigenvalue weighted by Gasteiger charge is 2.27. The lowest BCUT2D eigenvalue weighted by atomic mass is 10.0. The largest absolute Gasteiger partial charge is 0.444 e. The van der Waals surface area contributed by atoms with Crippen LogP contribution in [0.1, 0.15) is 52.7 Å². The molecule has 3 rings (SSSR count). The molecule has 2 aromatic rings. The SMILES string of the molecule is CC(C)(C)OCC(=O)N1c2ccccc2CCc2ccc(NC(=O)OC(C)(C)C)cc21. The normalized spacial score (nSPS) is 13.7. The molecule has 1 heterocycles. The van der Waals surface area contributed by atoms with Crippen molar-refractivity contribution in [1.82, 2.24) is 0 Å². The Morgan fingerprint density at radius 1 is 0.903 bits per heavy atom. The lowest BCUT2D eigenvalue weighted by Gasteiger charge is -2.27. The molecule has 2 aromatic carbocycles. The van der Waals surface area contributed by atoms with Crippen LogP contribution in [0.25, 0.3) is 0 Å². The van der Waals surface area contributed by atoms with Gasteiger partial charge >= 0.3 is 6.09 Å². The average molecular weight is 425 g/mol. The predicted octanol–water partition coefficient (Wildman–Crippen LogP) is 5.61. The molecule has 6 nitrogen and oxygen atoms in total. The number of hydrogen-bond donors (Lipinski definition) is 1. The molecule has 1 aliphatic heterocycles. The van der Waals surface area contributed by atoms with Gasteiger partial charge in [-0.2, -0.15) is 0 Å². The molecule has 2 amide bonds. The summed E-state index contributed by atoms with van der Waals surface area (Å²) < 4.78 is 11.2. The third-order valence-corrected chi connectivity index (χ3v) is 4.75. The number of nitrogens with one attached hydrogen (secondary N) is 1. The van der Waals surface area contributed by atoms with Gasteiger partial charge in [0.25, 0.3) is 5.91 Å². The summed E-state index contributed by atoms with van der Waals surface area (Å²) in [6, 6.07) is 13.5. The Hall–Kier alpha value is -2.86. The van der Waals surface area contributed by atoms with Gasteiger partial charge in [-0.25, -0.2) is 4.79 Å². The Bertz CT molecular complexity index is 970. The van der Waals surface area contributed by atoms with E-state index in [2.05, 4.69) is 5.32 Å². The lowest BCUT2D eigenvalue weighted by Crippen LogP contribution is -2.34. The molecule has 0 radical (unpaired) electrons. The summed E-state index contributed by atoms with van der Waals surface area (Å²) in [5.74, 6) is -0.153. The number of carbonyl (C=O) groups is 2. The van der Waals surface area contributed by atoms with Crippen LogP contribution in [-0.4, -0.2) is 29.8 Å². The fraction of sp³-hybridized carbons (Fsp3) is 0.440. The minimum Gasteiger partial charge on any atom is -0.444 e. The van der Waals surface area contributed by atoms with Gasteiger partial charge in [0, 0.05) is 5.69 Å². The Balaban J connectivity index is 1.98. The third-order valence-electron chi connectivity index (χ3n) is 4.75. The molecule has 1 N–H and O–H groups in total. The monoisotopic (exact) mass is 424 g/mol. The summed E-state index contributed by atoms with van der Waals surface area (Å²) in [5, 5.41) is 2.78. The van der Waals surface area contributed by atoms with Gasteiger partial charge in [-0.15, -0.1) is 0 Å². The van der Waals surface area contributed by atoms with E-state index in [1.807, 2.05) is 84.0 Å². The van der Waals surface area contributed by atoms with E-state index >= 15 is 0 Å². The van der Waals surface area contributed by atoms with Crippen molar-refractivity contribution in [3.63, 3.8) is 0 Å². The van der Waals surface area contributed by atoms with Gasteiger partial charge in [0.1, 0.15) is 12.2 Å². The number of nitrogens with zero attached hydrogens (tertiary/aromatic N) is 1. The molecule has 0 bridgehead atoms. The van der Waals surface area contributed by atoms with E-state index in [1.165, 1.54) is 0 Å². The maximum atomic E-state index is 13.3. The predicted molar refractivity (Wildman–Crippen MR) is 123 cm³/mol. The van der Waals surface area contributed by atoms with Crippen molar-refractivity contribution >= 4 is 29.1 Å². The summed E-state index contributed by atoms with van der Waals surface area (Å²) >= 11 is 0. The van der Waals surface area contributed by atoms with Crippen LogP contribution in [0.5, 0.6) is 0 Å². The maximum absolute atomic E-state index is 13.3. The topological polar surface area (TPSA) is 67.9 Å². The molecular weight excluding hydrogens is 392 g/mol. The number of amides is 2. The van der Waals surface area contributed by atoms with E-state index in [1.54, 1.807) is 4.90 Å². The molecule has 0 unspecified atom stereocenters. The summed E-state index contributed by atoms with van der Waals surface area (Å²) in [6.07, 6.45) is 1.09. The molecule has 0 saturated heterocycles. The van der Waals surface area contributed by atoms with Gasteiger partial charge in [0.05, 0.1) is 17.0 Å². The van der Waals surface area contributed by atoms with Crippen LogP contribution in [0.15, 0.2) is 42.5 Å². The van der Waals surface area contributed by atoms with Crippen molar-refractivity contribution in [2.45, 2.75) is 65.6 Å². The van der Waals surface area contributed by atoms with Crippen LogP contribution < -0.4 is 10.2 Å². The Labute approximate surface area is 184 Å². The fourth-order valence-electron chi connectivity index (χ4n) is 3.43. The standard InChI is InChI=1S/C25H32N2O4/c1-24(2,3)30-16-22(28)27-20-10-8-7-9-17(20)11-12-18-13-14-19(15-21(18)27)26-23(29)31-25(4,5)6/h7-10,13-15H,11-12,16H2,1-6H3,(H,26,29). The van der Waals surface area contributed by atoms with Gasteiger partial charge in [0.2, 0.25) is 0 Å². The van der Waals surface area contributed by atoms with Gasteiger partial charge in [-0.3, -0.25) is 15.0 Å². The van der Waals surface area contributed by atoms with Gasteiger partial charge in [0.15, 0.2) is 0 Å². The van der Waals surface area contributed by atoms with Crippen LogP contribution in [0.2, 0.25) is 0 Å². The Kier molecular flexibility index (Phi) is 6.41. The molecule has 0 aliphatic carbocycles. The van der Waals surface area contributed by atoms with Crippen LogP contribution in [0.3, 0.4) is 0 Å². The average Bonchev–Trinajstić information content (AvgIpc) is 2.80. The quantitative estimate of drug-likeness (QED) is 0.695. The smallest absolute Gasteiger partial charge is 0.412 e. The lowest BCUT2D eigenvalue weighted by molar-refractivity contribution is -0.127. The number of hydrogen-bond acceptors (Lipinski definition) is 4. The van der Waals surface area contributed by atoms with E-state index in [9.17, 15) is 9.59 Å². The number of carbonyl (C=O) groups excluding carboxylic acids is 2. The zero-order valence-corrected chi connectivity index (χ0v) is 19.2. The number of para-hydroxylation sites is 1. The van der Waals surface area contributed by atoms with Crippen molar-refractivity contribution in [3.8, 4) is 0 Å². The molecule has 1 aliphatic rings. The number of ether oxygens (including phenoxy) is 2. The zero-order chi connectivity index (χ0) is 22.8. The van der Waals surface area contributed by atoms with Crippen molar-refractivity contribution in [3.05, 3.63) is 53.6 Å². The highest BCUT2D eigenvalue weighted by atomic mass is 16.6. The van der Waals surface area contributed by atoms with E-state index in [4.69, 9.17) is 9.47 Å². The third kappa shape index (κ3) is 6.07. The first-order valence-corrected chi connectivity index (χ1v) is 10.6. The minimum absolute atomic E-state index is 0.0407. The van der Waals surface area contributed by atoms with E-state index in [0.717, 1.165) is 35.3 Å². The van der Waals surface area contributed by atoms with Crippen LogP contribution in [-0.2, 0) is 27.1 Å². The molecule has 0 saturated carbocycles. The van der Waals surface area contributed by atoms with E-state index < -0.39 is 17.3 Å². The molecular formula is C25H32N2O4. The van der Waals surface area contributed by atoms with Gasteiger partial charge < -0.3 is 9.47 Å².